The van der Waals surface area contributed by atoms with Crippen molar-refractivity contribution in [2.75, 3.05) is 0 Å². The number of rotatable bonds is 3. The molecule has 0 saturated heterocycles. The van der Waals surface area contributed by atoms with E-state index in [9.17, 15) is 9.59 Å². The van der Waals surface area contributed by atoms with Crippen molar-refractivity contribution >= 4 is 17.9 Å². The number of nitrogens with one attached hydrogen (secondary N) is 2. The van der Waals surface area contributed by atoms with E-state index in [1.165, 1.54) is 12.2 Å². The van der Waals surface area contributed by atoms with Crippen molar-refractivity contribution in [1.82, 2.24) is 10.9 Å². The topological polar surface area (TPSA) is 71.3 Å². The summed E-state index contributed by atoms with van der Waals surface area (Å²) in [5.74, 6) is 0.531. The van der Waals surface area contributed by atoms with E-state index >= 15 is 0 Å². The molecule has 2 N–H and O–H groups in total. The van der Waals surface area contributed by atoms with Crippen LogP contribution in [-0.4, -0.2) is 11.8 Å². The first kappa shape index (κ1) is 17.5. The smallest absolute Gasteiger partial charge is 0.269 e. The van der Waals surface area contributed by atoms with Gasteiger partial charge in [0, 0.05) is 11.6 Å². The Morgan fingerprint density at radius 3 is 2.21 bits per heavy atom. The fourth-order valence-corrected chi connectivity index (χ4v) is 2.05. The summed E-state index contributed by atoms with van der Waals surface area (Å²) >= 11 is 0. The molecule has 5 nitrogen and oxygen atoms in total. The molecule has 5 heteroatoms. The summed E-state index contributed by atoms with van der Waals surface area (Å²) in [4.78, 5) is 23.7. The summed E-state index contributed by atoms with van der Waals surface area (Å²) < 4.78 is 5.31. The highest BCUT2D eigenvalue weighted by molar-refractivity contribution is 5.97. The lowest BCUT2D eigenvalue weighted by Gasteiger charge is -2.19. The van der Waals surface area contributed by atoms with Crippen LogP contribution < -0.4 is 10.9 Å². The summed E-state index contributed by atoms with van der Waals surface area (Å²) in [6, 6.07) is 10.9. The maximum absolute atomic E-state index is 12.0. The minimum atomic E-state index is -0.441. The van der Waals surface area contributed by atoms with Gasteiger partial charge in [-0.1, -0.05) is 32.9 Å². The number of amides is 2. The summed E-state index contributed by atoms with van der Waals surface area (Å²) in [7, 11) is 0. The van der Waals surface area contributed by atoms with E-state index in [1.54, 1.807) is 24.3 Å². The van der Waals surface area contributed by atoms with Crippen molar-refractivity contribution in [2.45, 2.75) is 33.1 Å². The van der Waals surface area contributed by atoms with Crippen molar-refractivity contribution in [3.63, 3.8) is 0 Å². The molecule has 1 heterocycles. The molecular formula is C19H22N2O3. The Hall–Kier alpha value is -2.82. The van der Waals surface area contributed by atoms with Crippen molar-refractivity contribution in [2.24, 2.45) is 0 Å². The number of furan rings is 1. The van der Waals surface area contributed by atoms with E-state index in [0.29, 0.717) is 11.3 Å². The van der Waals surface area contributed by atoms with Crippen LogP contribution in [0.4, 0.5) is 0 Å². The molecule has 0 unspecified atom stereocenters. The molecule has 2 amide bonds. The Morgan fingerprint density at radius 1 is 1.00 bits per heavy atom. The Balaban J connectivity index is 1.88. The third kappa shape index (κ3) is 4.84. The first-order valence-corrected chi connectivity index (χ1v) is 7.71. The molecule has 24 heavy (non-hydrogen) atoms. The van der Waals surface area contributed by atoms with Crippen LogP contribution in [0.2, 0.25) is 0 Å². The molecule has 126 valence electrons. The van der Waals surface area contributed by atoms with Gasteiger partial charge in [-0.2, -0.15) is 0 Å². The Labute approximate surface area is 141 Å². The minimum absolute atomic E-state index is 0.0260. The van der Waals surface area contributed by atoms with Gasteiger partial charge in [-0.15, -0.1) is 0 Å². The maximum Gasteiger partial charge on any atom is 0.269 e. The van der Waals surface area contributed by atoms with Crippen LogP contribution >= 0.6 is 0 Å². The lowest BCUT2D eigenvalue weighted by Crippen LogP contribution is -2.40. The Morgan fingerprint density at radius 2 is 1.67 bits per heavy atom. The van der Waals surface area contributed by atoms with Gasteiger partial charge >= 0.3 is 0 Å². The number of hydrogen-bond donors (Lipinski definition) is 2. The van der Waals surface area contributed by atoms with Gasteiger partial charge in [-0.05, 0) is 48.2 Å². The van der Waals surface area contributed by atoms with Crippen LogP contribution in [0.15, 0.2) is 46.9 Å². The van der Waals surface area contributed by atoms with E-state index in [-0.39, 0.29) is 11.3 Å². The van der Waals surface area contributed by atoms with Crippen molar-refractivity contribution in [1.29, 1.82) is 0 Å². The van der Waals surface area contributed by atoms with Crippen LogP contribution in [-0.2, 0) is 10.2 Å². The van der Waals surface area contributed by atoms with E-state index in [4.69, 9.17) is 4.42 Å². The summed E-state index contributed by atoms with van der Waals surface area (Å²) in [5, 5.41) is 0. The van der Waals surface area contributed by atoms with E-state index in [2.05, 4.69) is 31.6 Å². The van der Waals surface area contributed by atoms with Crippen molar-refractivity contribution in [3.8, 4) is 0 Å². The largest absolute Gasteiger partial charge is 0.462 e. The van der Waals surface area contributed by atoms with Crippen LogP contribution in [0, 0.1) is 6.92 Å². The quantitative estimate of drug-likeness (QED) is 0.671. The van der Waals surface area contributed by atoms with E-state index in [0.717, 1.165) is 11.3 Å². The van der Waals surface area contributed by atoms with Gasteiger partial charge < -0.3 is 4.42 Å². The number of carbonyl (C=O) groups is 2. The van der Waals surface area contributed by atoms with Gasteiger partial charge in [0.05, 0.1) is 0 Å². The second kappa shape index (κ2) is 7.17. The molecule has 0 aliphatic carbocycles. The van der Waals surface area contributed by atoms with Crippen LogP contribution in [0.5, 0.6) is 0 Å². The van der Waals surface area contributed by atoms with Gasteiger partial charge in [0.25, 0.3) is 11.8 Å². The van der Waals surface area contributed by atoms with Crippen molar-refractivity contribution in [3.05, 3.63) is 65.1 Å². The summed E-state index contributed by atoms with van der Waals surface area (Å²) in [6.45, 7) is 8.14. The standard InChI is InChI=1S/C19H22N2O3/c1-13-5-10-16(24-13)11-12-17(22)20-21-18(23)14-6-8-15(9-7-14)19(2,3)4/h5-12H,1-4H3,(H,20,22)(H,21,23). The zero-order valence-electron chi connectivity index (χ0n) is 14.3. The molecule has 0 aliphatic rings. The predicted octanol–water partition coefficient (Wildman–Crippen LogP) is 3.36. The number of carbonyl (C=O) groups excluding carboxylic acids is 2. The van der Waals surface area contributed by atoms with E-state index in [1.807, 2.05) is 19.1 Å². The fraction of sp³-hybridized carbons (Fsp3) is 0.263. The number of hydrazine groups is 1. The molecule has 1 aromatic heterocycles. The third-order valence-electron chi connectivity index (χ3n) is 3.47. The molecule has 0 atom stereocenters. The average molecular weight is 326 g/mol. The van der Waals surface area contributed by atoms with Crippen LogP contribution in [0.25, 0.3) is 6.08 Å². The van der Waals surface area contributed by atoms with Crippen molar-refractivity contribution < 1.29 is 14.0 Å². The molecule has 0 bridgehead atoms. The van der Waals surface area contributed by atoms with Crippen LogP contribution in [0.1, 0.15) is 48.2 Å². The molecule has 1 aromatic carbocycles. The molecular weight excluding hydrogens is 304 g/mol. The monoisotopic (exact) mass is 326 g/mol. The molecule has 0 spiro atoms. The fourth-order valence-electron chi connectivity index (χ4n) is 2.05. The first-order valence-electron chi connectivity index (χ1n) is 7.71. The lowest BCUT2D eigenvalue weighted by molar-refractivity contribution is -0.117. The summed E-state index contributed by atoms with van der Waals surface area (Å²) in [5.41, 5.74) is 6.36. The molecule has 2 aromatic rings. The Bertz CT molecular complexity index is 750. The number of hydrogen-bond acceptors (Lipinski definition) is 3. The third-order valence-corrected chi connectivity index (χ3v) is 3.47. The number of aryl methyl sites for hydroxylation is 1. The average Bonchev–Trinajstić information content (AvgIpc) is 2.95. The first-order chi connectivity index (χ1) is 11.3. The molecule has 0 aliphatic heterocycles. The second-order valence-corrected chi connectivity index (χ2v) is 6.55. The lowest BCUT2D eigenvalue weighted by atomic mass is 9.87. The highest BCUT2D eigenvalue weighted by Gasteiger charge is 2.14. The number of benzene rings is 1. The van der Waals surface area contributed by atoms with Crippen LogP contribution in [0.3, 0.4) is 0 Å². The van der Waals surface area contributed by atoms with E-state index < -0.39 is 5.91 Å². The second-order valence-electron chi connectivity index (χ2n) is 6.55. The normalized spacial score (nSPS) is 11.5. The summed E-state index contributed by atoms with van der Waals surface area (Å²) in [6.07, 6.45) is 2.83. The predicted molar refractivity (Wildman–Crippen MR) is 93.2 cm³/mol. The molecule has 0 radical (unpaired) electrons. The molecule has 0 fully saturated rings. The highest BCUT2D eigenvalue weighted by atomic mass is 16.3. The minimum Gasteiger partial charge on any atom is -0.462 e. The zero-order valence-corrected chi connectivity index (χ0v) is 14.3. The Kier molecular flexibility index (Phi) is 5.24. The SMILES string of the molecule is Cc1ccc(C=CC(=O)NNC(=O)c2ccc(C(C)(C)C)cc2)o1. The van der Waals surface area contributed by atoms with Gasteiger partial charge in [-0.25, -0.2) is 0 Å². The van der Waals surface area contributed by atoms with Gasteiger partial charge in [0.2, 0.25) is 0 Å². The zero-order chi connectivity index (χ0) is 17.7. The van der Waals surface area contributed by atoms with Gasteiger partial charge in [-0.3, -0.25) is 20.4 Å². The molecule has 2 rings (SSSR count). The maximum atomic E-state index is 12.0. The van der Waals surface area contributed by atoms with Gasteiger partial charge in [0.15, 0.2) is 0 Å². The van der Waals surface area contributed by atoms with Gasteiger partial charge in [0.1, 0.15) is 11.5 Å². The molecule has 0 saturated carbocycles. The highest BCUT2D eigenvalue weighted by Crippen LogP contribution is 2.22.